The van der Waals surface area contributed by atoms with E-state index in [2.05, 4.69) is 34.7 Å². The number of phenolic OH excluding ortho intramolecular Hbond substituents is 1. The third-order valence-electron chi connectivity index (χ3n) is 3.07. The van der Waals surface area contributed by atoms with Crippen molar-refractivity contribution in [3.63, 3.8) is 0 Å². The first-order chi connectivity index (χ1) is 9.12. The molecule has 4 heteroatoms. The van der Waals surface area contributed by atoms with Crippen molar-refractivity contribution < 1.29 is 9.84 Å². The Labute approximate surface area is 124 Å². The summed E-state index contributed by atoms with van der Waals surface area (Å²) in [5.74, 6) is 0.737. The topological polar surface area (TPSA) is 32.7 Å². The number of phenols is 1. The highest BCUT2D eigenvalue weighted by molar-refractivity contribution is 9.10. The molecule has 0 spiro atoms. The molecule has 0 aromatic heterocycles. The zero-order valence-electron chi connectivity index (χ0n) is 12.1. The molecule has 0 fully saturated rings. The van der Waals surface area contributed by atoms with Crippen molar-refractivity contribution in [2.24, 2.45) is 0 Å². The van der Waals surface area contributed by atoms with Gasteiger partial charge in [0, 0.05) is 6.54 Å². The highest BCUT2D eigenvalue weighted by Gasteiger charge is 2.11. The number of benzene rings is 1. The van der Waals surface area contributed by atoms with Crippen molar-refractivity contribution in [2.45, 2.75) is 40.2 Å². The fraction of sp³-hybridized carbons (Fsp3) is 0.600. The molecule has 3 nitrogen and oxygen atoms in total. The van der Waals surface area contributed by atoms with Gasteiger partial charge in [0.1, 0.15) is 0 Å². The van der Waals surface area contributed by atoms with Gasteiger partial charge in [-0.1, -0.05) is 20.3 Å². The van der Waals surface area contributed by atoms with Gasteiger partial charge in [-0.25, -0.2) is 0 Å². The number of unbranched alkanes of at least 4 members (excludes halogenated alkanes) is 1. The maximum Gasteiger partial charge on any atom is 0.172 e. The van der Waals surface area contributed by atoms with Gasteiger partial charge in [-0.05, 0) is 60.1 Å². The molecule has 0 radical (unpaired) electrons. The summed E-state index contributed by atoms with van der Waals surface area (Å²) in [5.41, 5.74) is 1.16. The predicted octanol–water partition coefficient (Wildman–Crippen LogP) is 4.18. The Morgan fingerprint density at radius 1 is 1.26 bits per heavy atom. The number of hydrogen-bond donors (Lipinski definition) is 1. The molecule has 1 aromatic carbocycles. The van der Waals surface area contributed by atoms with Crippen molar-refractivity contribution in [2.75, 3.05) is 19.7 Å². The van der Waals surface area contributed by atoms with Gasteiger partial charge in [-0.3, -0.25) is 4.90 Å². The van der Waals surface area contributed by atoms with Crippen LogP contribution < -0.4 is 4.74 Å². The highest BCUT2D eigenvalue weighted by atomic mass is 79.9. The van der Waals surface area contributed by atoms with Crippen LogP contribution in [0, 0.1) is 0 Å². The lowest BCUT2D eigenvalue weighted by Gasteiger charge is -2.21. The Morgan fingerprint density at radius 3 is 2.58 bits per heavy atom. The standard InChI is InChI=1S/C15H24BrNO2/c1-4-7-8-17(5-2)11-12-9-13(16)15(18)14(10-12)19-6-3/h9-10,18H,4-8,11H2,1-3H3. The molecule has 0 amide bonds. The average molecular weight is 330 g/mol. The molecule has 0 aliphatic carbocycles. The number of halogens is 1. The molecule has 0 saturated carbocycles. The molecule has 1 N–H and O–H groups in total. The van der Waals surface area contributed by atoms with Crippen LogP contribution in [0.4, 0.5) is 0 Å². The van der Waals surface area contributed by atoms with E-state index < -0.39 is 0 Å². The molecular formula is C15H24BrNO2. The summed E-state index contributed by atoms with van der Waals surface area (Å²) in [5, 5.41) is 9.90. The number of aromatic hydroxyl groups is 1. The molecule has 1 rings (SSSR count). The van der Waals surface area contributed by atoms with Crippen LogP contribution >= 0.6 is 15.9 Å². The largest absolute Gasteiger partial charge is 0.503 e. The number of ether oxygens (including phenoxy) is 1. The van der Waals surface area contributed by atoms with E-state index in [-0.39, 0.29) is 5.75 Å². The maximum absolute atomic E-state index is 9.90. The maximum atomic E-state index is 9.90. The minimum absolute atomic E-state index is 0.183. The Kier molecular flexibility index (Phi) is 7.24. The summed E-state index contributed by atoms with van der Waals surface area (Å²) in [7, 11) is 0. The van der Waals surface area contributed by atoms with Gasteiger partial charge in [0.15, 0.2) is 11.5 Å². The molecule has 0 aliphatic heterocycles. The lowest BCUT2D eigenvalue weighted by molar-refractivity contribution is 0.273. The minimum atomic E-state index is 0.183. The summed E-state index contributed by atoms with van der Waals surface area (Å²) in [6.07, 6.45) is 2.42. The van der Waals surface area contributed by atoms with Crippen LogP contribution in [0.2, 0.25) is 0 Å². The monoisotopic (exact) mass is 329 g/mol. The molecule has 0 saturated heterocycles. The molecule has 1 aromatic rings. The summed E-state index contributed by atoms with van der Waals surface area (Å²) in [6, 6.07) is 3.89. The van der Waals surface area contributed by atoms with Crippen molar-refractivity contribution in [1.29, 1.82) is 0 Å². The van der Waals surface area contributed by atoms with E-state index in [1.165, 1.54) is 12.8 Å². The Bertz CT molecular complexity index is 396. The molecule has 108 valence electrons. The van der Waals surface area contributed by atoms with Crippen LogP contribution in [0.5, 0.6) is 11.5 Å². The van der Waals surface area contributed by atoms with Gasteiger partial charge in [-0.15, -0.1) is 0 Å². The van der Waals surface area contributed by atoms with E-state index in [0.717, 1.165) is 25.2 Å². The van der Waals surface area contributed by atoms with Gasteiger partial charge in [-0.2, -0.15) is 0 Å². The van der Waals surface area contributed by atoms with Gasteiger partial charge in [0.25, 0.3) is 0 Å². The molecule has 19 heavy (non-hydrogen) atoms. The van der Waals surface area contributed by atoms with E-state index in [1.54, 1.807) is 0 Å². The Morgan fingerprint density at radius 2 is 2.00 bits per heavy atom. The highest BCUT2D eigenvalue weighted by Crippen LogP contribution is 2.35. The second-order valence-electron chi connectivity index (χ2n) is 4.58. The van der Waals surface area contributed by atoms with Crippen molar-refractivity contribution in [1.82, 2.24) is 4.90 Å². The molecule has 0 bridgehead atoms. The van der Waals surface area contributed by atoms with Gasteiger partial charge >= 0.3 is 0 Å². The van der Waals surface area contributed by atoms with Crippen LogP contribution in [0.15, 0.2) is 16.6 Å². The minimum Gasteiger partial charge on any atom is -0.503 e. The van der Waals surface area contributed by atoms with E-state index in [0.29, 0.717) is 16.8 Å². The van der Waals surface area contributed by atoms with Gasteiger partial charge < -0.3 is 9.84 Å². The predicted molar refractivity (Wildman–Crippen MR) is 82.8 cm³/mol. The molecule has 0 unspecified atom stereocenters. The number of rotatable bonds is 8. The Hall–Kier alpha value is -0.740. The first kappa shape index (κ1) is 16.3. The lowest BCUT2D eigenvalue weighted by atomic mass is 10.1. The molecule has 0 aliphatic rings. The number of hydrogen-bond acceptors (Lipinski definition) is 3. The summed E-state index contributed by atoms with van der Waals surface area (Å²) in [4.78, 5) is 2.40. The molecule has 0 heterocycles. The Balaban J connectivity index is 2.82. The SMILES string of the molecule is CCCCN(CC)Cc1cc(Br)c(O)c(OCC)c1. The van der Waals surface area contributed by atoms with Crippen LogP contribution in [0.1, 0.15) is 39.2 Å². The smallest absolute Gasteiger partial charge is 0.172 e. The number of nitrogens with zero attached hydrogens (tertiary/aromatic N) is 1. The first-order valence-electron chi connectivity index (χ1n) is 6.98. The van der Waals surface area contributed by atoms with E-state index >= 15 is 0 Å². The fourth-order valence-corrected chi connectivity index (χ4v) is 2.46. The van der Waals surface area contributed by atoms with Crippen molar-refractivity contribution >= 4 is 15.9 Å². The molecular weight excluding hydrogens is 306 g/mol. The van der Waals surface area contributed by atoms with Crippen LogP contribution in [0.3, 0.4) is 0 Å². The van der Waals surface area contributed by atoms with E-state index in [9.17, 15) is 5.11 Å². The van der Waals surface area contributed by atoms with Gasteiger partial charge in [0.2, 0.25) is 0 Å². The van der Waals surface area contributed by atoms with Crippen LogP contribution in [-0.2, 0) is 6.54 Å². The molecule has 0 atom stereocenters. The van der Waals surface area contributed by atoms with E-state index in [1.807, 2.05) is 19.1 Å². The third-order valence-corrected chi connectivity index (χ3v) is 3.67. The summed E-state index contributed by atoms with van der Waals surface area (Å²) >= 11 is 3.38. The van der Waals surface area contributed by atoms with E-state index in [4.69, 9.17) is 4.74 Å². The average Bonchev–Trinajstić information content (AvgIpc) is 2.40. The van der Waals surface area contributed by atoms with Crippen molar-refractivity contribution in [3.8, 4) is 11.5 Å². The van der Waals surface area contributed by atoms with Crippen molar-refractivity contribution in [3.05, 3.63) is 22.2 Å². The second-order valence-corrected chi connectivity index (χ2v) is 5.43. The normalized spacial score (nSPS) is 11.0. The van der Waals surface area contributed by atoms with Crippen LogP contribution in [-0.4, -0.2) is 29.7 Å². The zero-order valence-corrected chi connectivity index (χ0v) is 13.7. The third kappa shape index (κ3) is 5.03. The fourth-order valence-electron chi connectivity index (χ4n) is 1.97. The quantitative estimate of drug-likeness (QED) is 0.776. The van der Waals surface area contributed by atoms with Gasteiger partial charge in [0.05, 0.1) is 11.1 Å². The summed E-state index contributed by atoms with van der Waals surface area (Å²) < 4.78 is 6.15. The second kappa shape index (κ2) is 8.43. The zero-order chi connectivity index (χ0) is 14.3. The first-order valence-corrected chi connectivity index (χ1v) is 7.78. The lowest BCUT2D eigenvalue weighted by Crippen LogP contribution is -2.23. The summed E-state index contributed by atoms with van der Waals surface area (Å²) in [6.45, 7) is 9.87. The van der Waals surface area contributed by atoms with Crippen LogP contribution in [0.25, 0.3) is 0 Å².